The van der Waals surface area contributed by atoms with E-state index in [0.717, 1.165) is 52.9 Å². The summed E-state index contributed by atoms with van der Waals surface area (Å²) in [5.74, 6) is -0.0217. The van der Waals surface area contributed by atoms with Gasteiger partial charge >= 0.3 is 6.03 Å². The molecule has 1 aromatic heterocycles. The molecule has 36 heavy (non-hydrogen) atoms. The van der Waals surface area contributed by atoms with Gasteiger partial charge in [-0.25, -0.2) is 4.79 Å². The molecule has 1 N–H and O–H groups in total. The average Bonchev–Trinajstić information content (AvgIpc) is 3.30. The molecular formula is C30H37N3O2S. The predicted molar refractivity (Wildman–Crippen MR) is 148 cm³/mol. The Labute approximate surface area is 219 Å². The van der Waals surface area contributed by atoms with Crippen molar-refractivity contribution in [3.05, 3.63) is 87.1 Å². The van der Waals surface area contributed by atoms with Gasteiger partial charge in [0.15, 0.2) is 0 Å². The smallest absolute Gasteiger partial charge is 0.322 e. The van der Waals surface area contributed by atoms with Crippen molar-refractivity contribution in [3.63, 3.8) is 0 Å². The Bertz CT molecular complexity index is 1170. The number of aryl methyl sites for hydroxylation is 2. The maximum atomic E-state index is 13.8. The van der Waals surface area contributed by atoms with E-state index < -0.39 is 0 Å². The highest BCUT2D eigenvalue weighted by atomic mass is 32.1. The normalized spacial score (nSPS) is 13.9. The number of urea groups is 1. The van der Waals surface area contributed by atoms with Gasteiger partial charge in [0.25, 0.3) is 0 Å². The summed E-state index contributed by atoms with van der Waals surface area (Å²) >= 11 is 1.72. The summed E-state index contributed by atoms with van der Waals surface area (Å²) in [6.45, 7) is 7.29. The Balaban J connectivity index is 1.55. The van der Waals surface area contributed by atoms with Crippen molar-refractivity contribution >= 4 is 29.0 Å². The summed E-state index contributed by atoms with van der Waals surface area (Å²) in [4.78, 5) is 33.5. The molecule has 1 aliphatic rings. The number of carbonyl (C=O) groups is 2. The van der Waals surface area contributed by atoms with Crippen LogP contribution in [0, 0.1) is 20.8 Å². The summed E-state index contributed by atoms with van der Waals surface area (Å²) in [6, 6.07) is 20.1. The summed E-state index contributed by atoms with van der Waals surface area (Å²) in [5, 5.41) is 3.11. The summed E-state index contributed by atoms with van der Waals surface area (Å²) in [6.07, 6.45) is 5.25. The molecule has 0 spiro atoms. The number of hydrogen-bond donors (Lipinski definition) is 1. The molecule has 0 unspecified atom stereocenters. The first kappa shape index (κ1) is 26.0. The van der Waals surface area contributed by atoms with Crippen LogP contribution in [0.3, 0.4) is 0 Å². The minimum Gasteiger partial charge on any atom is -0.332 e. The van der Waals surface area contributed by atoms with Crippen LogP contribution in [0.2, 0.25) is 0 Å². The molecule has 0 atom stereocenters. The van der Waals surface area contributed by atoms with Gasteiger partial charge < -0.3 is 15.1 Å². The zero-order chi connectivity index (χ0) is 25.5. The van der Waals surface area contributed by atoms with Crippen molar-refractivity contribution in [1.29, 1.82) is 0 Å². The maximum Gasteiger partial charge on any atom is 0.322 e. The number of hydrogen-bond acceptors (Lipinski definition) is 3. The topological polar surface area (TPSA) is 52.7 Å². The van der Waals surface area contributed by atoms with Crippen LogP contribution in [0.25, 0.3) is 0 Å². The lowest BCUT2D eigenvalue weighted by molar-refractivity contribution is -0.133. The SMILES string of the molecule is Cc1ccc(CN(Cc2ccccc2)C(=O)CN(C(=O)Nc2cccc(C)c2C)C2CCCCC2)s1. The summed E-state index contributed by atoms with van der Waals surface area (Å²) in [5.41, 5.74) is 4.08. The van der Waals surface area contributed by atoms with Crippen molar-refractivity contribution in [3.8, 4) is 0 Å². The quantitative estimate of drug-likeness (QED) is 0.357. The molecule has 2 aromatic carbocycles. The fourth-order valence-corrected chi connectivity index (χ4v) is 5.78. The first-order valence-corrected chi connectivity index (χ1v) is 13.7. The average molecular weight is 504 g/mol. The van der Waals surface area contributed by atoms with E-state index in [-0.39, 0.29) is 24.5 Å². The molecular weight excluding hydrogens is 466 g/mol. The number of benzene rings is 2. The molecule has 1 aliphatic carbocycles. The van der Waals surface area contributed by atoms with Gasteiger partial charge in [0.2, 0.25) is 5.91 Å². The van der Waals surface area contributed by atoms with Gasteiger partial charge in [0.1, 0.15) is 6.54 Å². The Morgan fingerprint density at radius 3 is 2.33 bits per heavy atom. The Morgan fingerprint density at radius 1 is 0.889 bits per heavy atom. The number of rotatable bonds is 8. The van der Waals surface area contributed by atoms with Crippen molar-refractivity contribution in [2.45, 2.75) is 72.0 Å². The fraction of sp³-hybridized carbons (Fsp3) is 0.400. The molecule has 0 radical (unpaired) electrons. The van der Waals surface area contributed by atoms with Crippen LogP contribution in [-0.4, -0.2) is 34.3 Å². The second-order valence-corrected chi connectivity index (χ2v) is 11.2. The van der Waals surface area contributed by atoms with E-state index >= 15 is 0 Å². The highest BCUT2D eigenvalue weighted by molar-refractivity contribution is 7.11. The van der Waals surface area contributed by atoms with Crippen molar-refractivity contribution in [2.75, 3.05) is 11.9 Å². The Kier molecular flexibility index (Phi) is 8.81. The molecule has 4 rings (SSSR count). The maximum absolute atomic E-state index is 13.8. The van der Waals surface area contributed by atoms with Crippen molar-refractivity contribution in [1.82, 2.24) is 9.80 Å². The van der Waals surface area contributed by atoms with E-state index in [9.17, 15) is 9.59 Å². The monoisotopic (exact) mass is 503 g/mol. The van der Waals surface area contributed by atoms with Crippen molar-refractivity contribution in [2.24, 2.45) is 0 Å². The van der Waals surface area contributed by atoms with E-state index in [2.05, 4.69) is 24.4 Å². The molecule has 6 heteroatoms. The number of nitrogens with zero attached hydrogens (tertiary/aromatic N) is 2. The predicted octanol–water partition coefficient (Wildman–Crippen LogP) is 7.07. The Morgan fingerprint density at radius 2 is 1.64 bits per heavy atom. The number of amides is 3. The lowest BCUT2D eigenvalue weighted by Crippen LogP contribution is -2.49. The van der Waals surface area contributed by atoms with Crippen molar-refractivity contribution < 1.29 is 9.59 Å². The molecule has 0 bridgehead atoms. The molecule has 3 amide bonds. The number of thiophene rings is 1. The molecule has 1 heterocycles. The third kappa shape index (κ3) is 6.76. The van der Waals surface area contributed by atoms with Gasteiger partial charge in [-0.15, -0.1) is 11.3 Å². The molecule has 190 valence electrons. The number of nitrogens with one attached hydrogen (secondary N) is 1. The number of anilines is 1. The van der Waals surface area contributed by atoms with E-state index in [4.69, 9.17) is 0 Å². The van der Waals surface area contributed by atoms with Crippen LogP contribution >= 0.6 is 11.3 Å². The van der Waals surface area contributed by atoms with E-state index in [1.807, 2.05) is 67.3 Å². The van der Waals surface area contributed by atoms with E-state index in [0.29, 0.717) is 13.1 Å². The highest BCUT2D eigenvalue weighted by Crippen LogP contribution is 2.26. The second kappa shape index (κ2) is 12.2. The molecule has 1 saturated carbocycles. The molecule has 3 aromatic rings. The van der Waals surface area contributed by atoms with E-state index in [1.54, 1.807) is 16.2 Å². The molecule has 5 nitrogen and oxygen atoms in total. The lowest BCUT2D eigenvalue weighted by atomic mass is 9.94. The number of carbonyl (C=O) groups excluding carboxylic acids is 2. The largest absolute Gasteiger partial charge is 0.332 e. The molecule has 1 fully saturated rings. The lowest BCUT2D eigenvalue weighted by Gasteiger charge is -2.35. The molecule has 0 saturated heterocycles. The minimum absolute atomic E-state index is 0.0217. The Hall–Kier alpha value is -3.12. The van der Waals surface area contributed by atoms with E-state index in [1.165, 1.54) is 11.3 Å². The van der Waals surface area contributed by atoms with Crippen LogP contribution in [0.15, 0.2) is 60.7 Å². The van der Waals surface area contributed by atoms with Gasteiger partial charge in [0, 0.05) is 28.0 Å². The summed E-state index contributed by atoms with van der Waals surface area (Å²) in [7, 11) is 0. The first-order valence-electron chi connectivity index (χ1n) is 12.9. The minimum atomic E-state index is -0.185. The van der Waals surface area contributed by atoms with Gasteiger partial charge in [0.05, 0.1) is 6.54 Å². The zero-order valence-electron chi connectivity index (χ0n) is 21.6. The fourth-order valence-electron chi connectivity index (χ4n) is 4.87. The molecule has 0 aliphatic heterocycles. The second-order valence-electron chi connectivity index (χ2n) is 9.85. The highest BCUT2D eigenvalue weighted by Gasteiger charge is 2.29. The third-order valence-electron chi connectivity index (χ3n) is 7.14. The van der Waals surface area contributed by atoms with Gasteiger partial charge in [-0.1, -0.05) is 61.7 Å². The van der Waals surface area contributed by atoms with Gasteiger partial charge in [-0.05, 0) is 68.5 Å². The van der Waals surface area contributed by atoms with Crippen LogP contribution in [0.5, 0.6) is 0 Å². The zero-order valence-corrected chi connectivity index (χ0v) is 22.4. The summed E-state index contributed by atoms with van der Waals surface area (Å²) < 4.78 is 0. The third-order valence-corrected chi connectivity index (χ3v) is 8.13. The van der Waals surface area contributed by atoms with Gasteiger partial charge in [-0.2, -0.15) is 0 Å². The van der Waals surface area contributed by atoms with Crippen LogP contribution in [0.1, 0.15) is 58.5 Å². The van der Waals surface area contributed by atoms with Crippen LogP contribution < -0.4 is 5.32 Å². The van der Waals surface area contributed by atoms with Crippen LogP contribution in [-0.2, 0) is 17.9 Å². The van der Waals surface area contributed by atoms with Crippen LogP contribution in [0.4, 0.5) is 10.5 Å². The first-order chi connectivity index (χ1) is 17.4. The standard InChI is InChI=1S/C30H37N3O2S/c1-22-11-10-16-28(24(22)3)31-30(35)33(26-14-8-5-9-15-26)21-29(34)32(19-25-12-6-4-7-13-25)20-27-18-17-23(2)36-27/h4,6-7,10-13,16-18,26H,5,8-9,14-15,19-21H2,1-3H3,(H,31,35). The van der Waals surface area contributed by atoms with Gasteiger partial charge in [-0.3, -0.25) is 4.79 Å².